The van der Waals surface area contributed by atoms with Crippen LogP contribution in [0, 0.1) is 6.92 Å². The fraction of sp³-hybridized carbons (Fsp3) is 0.375. The van der Waals surface area contributed by atoms with E-state index < -0.39 is 11.6 Å². The second-order valence-corrected chi connectivity index (χ2v) is 6.32. The van der Waals surface area contributed by atoms with Crippen molar-refractivity contribution >= 4 is 17.6 Å². The molecule has 0 bridgehead atoms. The Morgan fingerprint density at radius 2 is 2.05 bits per heavy atom. The first-order valence-electron chi connectivity index (χ1n) is 6.91. The molecule has 0 saturated carbocycles. The van der Waals surface area contributed by atoms with E-state index in [0.29, 0.717) is 16.6 Å². The van der Waals surface area contributed by atoms with Gasteiger partial charge in [-0.05, 0) is 45.4 Å². The molecule has 2 aromatic rings. The van der Waals surface area contributed by atoms with E-state index in [9.17, 15) is 4.79 Å². The number of hydrogen-bond acceptors (Lipinski definition) is 4. The first kappa shape index (κ1) is 16.4. The highest BCUT2D eigenvalue weighted by Crippen LogP contribution is 2.25. The van der Waals surface area contributed by atoms with E-state index in [4.69, 9.17) is 21.1 Å². The Labute approximate surface area is 134 Å². The van der Waals surface area contributed by atoms with Gasteiger partial charge in [0.1, 0.15) is 5.60 Å². The summed E-state index contributed by atoms with van der Waals surface area (Å²) < 4.78 is 12.2. The van der Waals surface area contributed by atoms with E-state index in [-0.39, 0.29) is 6.61 Å². The zero-order valence-electron chi connectivity index (χ0n) is 13.1. The van der Waals surface area contributed by atoms with E-state index in [0.717, 1.165) is 5.56 Å². The number of carbonyl (C=O) groups is 1. The van der Waals surface area contributed by atoms with E-state index in [1.54, 1.807) is 37.7 Å². The third kappa shape index (κ3) is 4.24. The number of benzene rings is 1. The Hall–Kier alpha value is -2.01. The van der Waals surface area contributed by atoms with Gasteiger partial charge in [0.25, 0.3) is 0 Å². The Morgan fingerprint density at radius 3 is 2.68 bits per heavy atom. The van der Waals surface area contributed by atoms with Crippen LogP contribution in [0.1, 0.15) is 26.3 Å². The van der Waals surface area contributed by atoms with Crippen LogP contribution in [-0.4, -0.2) is 28.0 Å². The maximum absolute atomic E-state index is 11.7. The average molecular weight is 323 g/mol. The molecule has 6 heteroatoms. The van der Waals surface area contributed by atoms with Gasteiger partial charge in [0.05, 0.1) is 16.9 Å². The van der Waals surface area contributed by atoms with Crippen LogP contribution in [0.5, 0.6) is 5.88 Å². The summed E-state index contributed by atoms with van der Waals surface area (Å²) in [5.41, 5.74) is 1.20. The summed E-state index contributed by atoms with van der Waals surface area (Å²) in [6.45, 7) is 7.19. The van der Waals surface area contributed by atoms with Gasteiger partial charge in [-0.2, -0.15) is 9.78 Å². The molecule has 0 atom stereocenters. The van der Waals surface area contributed by atoms with Crippen molar-refractivity contribution in [1.29, 1.82) is 0 Å². The molecule has 0 spiro atoms. The van der Waals surface area contributed by atoms with Gasteiger partial charge in [-0.25, -0.2) is 4.79 Å². The average Bonchev–Trinajstić information content (AvgIpc) is 2.82. The number of esters is 1. The number of halogens is 1. The molecule has 5 nitrogen and oxygen atoms in total. The Morgan fingerprint density at radius 1 is 1.32 bits per heavy atom. The van der Waals surface area contributed by atoms with Gasteiger partial charge in [-0.1, -0.05) is 17.7 Å². The highest BCUT2D eigenvalue weighted by Gasteiger charge is 2.18. The third-order valence-corrected chi connectivity index (χ3v) is 3.00. The van der Waals surface area contributed by atoms with Gasteiger partial charge in [0.2, 0.25) is 5.88 Å². The Kier molecular flexibility index (Phi) is 4.76. The van der Waals surface area contributed by atoms with Crippen molar-refractivity contribution in [2.75, 3.05) is 6.61 Å². The van der Waals surface area contributed by atoms with Crippen LogP contribution in [-0.2, 0) is 9.53 Å². The largest absolute Gasteiger partial charge is 0.466 e. The molecule has 0 unspecified atom stereocenters. The second-order valence-electron chi connectivity index (χ2n) is 5.91. The smallest absolute Gasteiger partial charge is 0.344 e. The second kappa shape index (κ2) is 6.40. The molecule has 1 aromatic carbocycles. The third-order valence-electron chi connectivity index (χ3n) is 2.70. The Balaban J connectivity index is 2.12. The number of rotatable bonds is 4. The molecule has 0 radical (unpaired) electrons. The molecule has 0 saturated heterocycles. The number of aryl methyl sites for hydroxylation is 1. The first-order valence-corrected chi connectivity index (χ1v) is 7.29. The van der Waals surface area contributed by atoms with Crippen molar-refractivity contribution in [3.8, 4) is 11.6 Å². The SMILES string of the molecule is Cc1ccc(-n2nccc2OCC(=O)OC(C)(C)C)c(Cl)c1. The minimum Gasteiger partial charge on any atom is -0.466 e. The molecule has 0 aliphatic heterocycles. The monoisotopic (exact) mass is 322 g/mol. The molecule has 0 aliphatic rings. The predicted octanol–water partition coefficient (Wildman–Crippen LogP) is 3.55. The predicted molar refractivity (Wildman–Crippen MR) is 84.7 cm³/mol. The lowest BCUT2D eigenvalue weighted by Gasteiger charge is -2.19. The molecule has 1 aromatic heterocycles. The van der Waals surface area contributed by atoms with Crippen molar-refractivity contribution in [3.63, 3.8) is 0 Å². The topological polar surface area (TPSA) is 53.4 Å². The van der Waals surface area contributed by atoms with Crippen molar-refractivity contribution in [3.05, 3.63) is 41.0 Å². The zero-order chi connectivity index (χ0) is 16.3. The summed E-state index contributed by atoms with van der Waals surface area (Å²) in [5.74, 6) is -0.00753. The molecule has 22 heavy (non-hydrogen) atoms. The molecule has 118 valence electrons. The van der Waals surface area contributed by atoms with Crippen LogP contribution < -0.4 is 4.74 Å². The molecule has 0 aliphatic carbocycles. The van der Waals surface area contributed by atoms with Crippen LogP contribution in [0.25, 0.3) is 5.69 Å². The minimum absolute atomic E-state index is 0.188. The number of carbonyl (C=O) groups excluding carboxylic acids is 1. The lowest BCUT2D eigenvalue weighted by Crippen LogP contribution is -2.27. The standard InChI is InChI=1S/C16H19ClN2O3/c1-11-5-6-13(12(17)9-11)19-14(7-8-18-19)21-10-15(20)22-16(2,3)4/h5-9H,10H2,1-4H3. The maximum atomic E-state index is 11.7. The summed E-state index contributed by atoms with van der Waals surface area (Å²) in [7, 11) is 0. The summed E-state index contributed by atoms with van der Waals surface area (Å²) >= 11 is 6.23. The van der Waals surface area contributed by atoms with Gasteiger partial charge in [0.15, 0.2) is 6.61 Å². The summed E-state index contributed by atoms with van der Waals surface area (Å²) in [5, 5.41) is 4.75. The van der Waals surface area contributed by atoms with Crippen LogP contribution in [0.4, 0.5) is 0 Å². The van der Waals surface area contributed by atoms with Crippen LogP contribution in [0.15, 0.2) is 30.5 Å². The van der Waals surface area contributed by atoms with Crippen LogP contribution in [0.3, 0.4) is 0 Å². The van der Waals surface area contributed by atoms with Crippen LogP contribution in [0.2, 0.25) is 5.02 Å². The maximum Gasteiger partial charge on any atom is 0.344 e. The van der Waals surface area contributed by atoms with E-state index in [1.807, 2.05) is 25.1 Å². The summed E-state index contributed by atoms with van der Waals surface area (Å²) in [6, 6.07) is 7.29. The number of aromatic nitrogens is 2. The molecule has 0 N–H and O–H groups in total. The molecular weight excluding hydrogens is 304 g/mol. The lowest BCUT2D eigenvalue weighted by molar-refractivity contribution is -0.157. The lowest BCUT2D eigenvalue weighted by atomic mass is 10.2. The minimum atomic E-state index is -0.541. The van der Waals surface area contributed by atoms with Crippen molar-refractivity contribution in [2.24, 2.45) is 0 Å². The zero-order valence-corrected chi connectivity index (χ0v) is 13.8. The fourth-order valence-corrected chi connectivity index (χ4v) is 2.18. The van der Waals surface area contributed by atoms with E-state index in [1.165, 1.54) is 0 Å². The molecule has 0 amide bonds. The Bertz CT molecular complexity index is 674. The van der Waals surface area contributed by atoms with Crippen molar-refractivity contribution in [2.45, 2.75) is 33.3 Å². The quantitative estimate of drug-likeness (QED) is 0.808. The summed E-state index contributed by atoms with van der Waals surface area (Å²) in [6.07, 6.45) is 1.58. The first-order chi connectivity index (χ1) is 10.3. The number of ether oxygens (including phenoxy) is 2. The van der Waals surface area contributed by atoms with Gasteiger partial charge in [-0.15, -0.1) is 0 Å². The van der Waals surface area contributed by atoms with Crippen molar-refractivity contribution < 1.29 is 14.3 Å². The van der Waals surface area contributed by atoms with E-state index in [2.05, 4.69) is 5.10 Å². The molecule has 2 rings (SSSR count). The van der Waals surface area contributed by atoms with Crippen LogP contribution >= 0.6 is 11.6 Å². The molecule has 1 heterocycles. The van der Waals surface area contributed by atoms with Gasteiger partial charge in [0, 0.05) is 6.07 Å². The highest BCUT2D eigenvalue weighted by atomic mass is 35.5. The van der Waals surface area contributed by atoms with Gasteiger partial charge in [-0.3, -0.25) is 0 Å². The van der Waals surface area contributed by atoms with E-state index >= 15 is 0 Å². The van der Waals surface area contributed by atoms with Gasteiger partial charge >= 0.3 is 5.97 Å². The highest BCUT2D eigenvalue weighted by molar-refractivity contribution is 6.32. The molecule has 0 fully saturated rings. The molecular formula is C16H19ClN2O3. The van der Waals surface area contributed by atoms with Gasteiger partial charge < -0.3 is 9.47 Å². The fourth-order valence-electron chi connectivity index (χ4n) is 1.87. The number of nitrogens with zero attached hydrogens (tertiary/aromatic N) is 2. The normalized spacial score (nSPS) is 11.3. The summed E-state index contributed by atoms with van der Waals surface area (Å²) in [4.78, 5) is 11.7. The number of hydrogen-bond donors (Lipinski definition) is 0. The van der Waals surface area contributed by atoms with Crippen molar-refractivity contribution in [1.82, 2.24) is 9.78 Å².